The normalized spacial score (nSPS) is 10.1. The van der Waals surface area contributed by atoms with E-state index in [-0.39, 0.29) is 5.69 Å². The smallest absolute Gasteiger partial charge is 0.151 e. The highest BCUT2D eigenvalue weighted by atomic mass is 19.1. The first kappa shape index (κ1) is 33.0. The predicted octanol–water partition coefficient (Wildman–Crippen LogP) is 8.38. The maximum atomic E-state index is 13.1. The third-order valence-electron chi connectivity index (χ3n) is 6.69. The fraction of sp³-hybridized carbons (Fsp3) is 0.0526. The number of halogens is 2. The van der Waals surface area contributed by atoms with Gasteiger partial charge in [-0.1, -0.05) is 48.5 Å². The van der Waals surface area contributed by atoms with E-state index < -0.39 is 11.6 Å². The molecule has 0 fully saturated rings. The third kappa shape index (κ3) is 9.54. The van der Waals surface area contributed by atoms with Gasteiger partial charge in [-0.15, -0.1) is 0 Å². The number of hydrogen-bond donors (Lipinski definition) is 0. The molecule has 8 nitrogen and oxygen atoms in total. The molecule has 8 aromatic rings. The van der Waals surface area contributed by atoms with Crippen LogP contribution in [0.4, 0.5) is 8.78 Å². The zero-order valence-electron chi connectivity index (χ0n) is 26.5. The topological polar surface area (TPSA) is 71.3 Å². The van der Waals surface area contributed by atoms with Crippen LogP contribution in [0.5, 0.6) is 0 Å². The molecule has 0 bridgehead atoms. The second kappa shape index (κ2) is 16.8. The highest BCUT2D eigenvalue weighted by Crippen LogP contribution is 2.13. The van der Waals surface area contributed by atoms with Gasteiger partial charge in [0.15, 0.2) is 5.82 Å². The molecule has 8 rings (SSSR count). The summed E-state index contributed by atoms with van der Waals surface area (Å²) in [5.74, 6) is -1.21. The number of aryl methyl sites for hydroxylation is 2. The van der Waals surface area contributed by atoms with E-state index in [0.29, 0.717) is 0 Å². The van der Waals surface area contributed by atoms with Gasteiger partial charge in [0.2, 0.25) is 0 Å². The maximum Gasteiger partial charge on any atom is 0.151 e. The van der Waals surface area contributed by atoms with Crippen LogP contribution in [-0.4, -0.2) is 39.1 Å². The van der Waals surface area contributed by atoms with E-state index in [9.17, 15) is 8.78 Å². The van der Waals surface area contributed by atoms with E-state index in [4.69, 9.17) is 0 Å². The van der Waals surface area contributed by atoms with Crippen LogP contribution < -0.4 is 0 Å². The monoisotopic (exact) mass is 640 g/mol. The van der Waals surface area contributed by atoms with Gasteiger partial charge in [-0.2, -0.15) is 20.4 Å². The van der Waals surface area contributed by atoms with Crippen molar-refractivity contribution in [1.29, 1.82) is 0 Å². The summed E-state index contributed by atoms with van der Waals surface area (Å²) in [4.78, 5) is 0. The second-order valence-electron chi connectivity index (χ2n) is 10.4. The van der Waals surface area contributed by atoms with Crippen molar-refractivity contribution < 1.29 is 8.78 Å². The fourth-order valence-electron chi connectivity index (χ4n) is 4.41. The number of benzene rings is 4. The molecule has 48 heavy (non-hydrogen) atoms. The van der Waals surface area contributed by atoms with E-state index in [1.165, 1.54) is 34.1 Å². The predicted molar refractivity (Wildman–Crippen MR) is 184 cm³/mol. The number of aromatic nitrogens is 8. The van der Waals surface area contributed by atoms with Crippen LogP contribution >= 0.6 is 0 Å². The molecule has 0 saturated heterocycles. The fourth-order valence-corrected chi connectivity index (χ4v) is 4.41. The van der Waals surface area contributed by atoms with Crippen LogP contribution in [0.15, 0.2) is 171 Å². The lowest BCUT2D eigenvalue weighted by molar-refractivity contribution is 0.573. The van der Waals surface area contributed by atoms with Crippen molar-refractivity contribution in [1.82, 2.24) is 39.1 Å². The number of hydrogen-bond acceptors (Lipinski definition) is 4. The molecule has 4 heterocycles. The van der Waals surface area contributed by atoms with Crippen LogP contribution in [0.3, 0.4) is 0 Å². The molecule has 240 valence electrons. The zero-order chi connectivity index (χ0) is 33.6. The van der Waals surface area contributed by atoms with Crippen LogP contribution in [0, 0.1) is 25.5 Å². The van der Waals surface area contributed by atoms with Crippen LogP contribution in [0.1, 0.15) is 11.1 Å². The molecule has 10 heteroatoms. The molecular weight excluding hydrogens is 606 g/mol. The Bertz CT molecular complexity index is 2050. The summed E-state index contributed by atoms with van der Waals surface area (Å²) in [6.45, 7) is 4.11. The molecule has 0 aliphatic rings. The van der Waals surface area contributed by atoms with Crippen molar-refractivity contribution in [3.8, 4) is 22.7 Å². The largest absolute Gasteiger partial charge is 0.241 e. The Morgan fingerprint density at radius 1 is 0.458 bits per heavy atom. The minimum atomic E-state index is -0.622. The van der Waals surface area contributed by atoms with E-state index in [2.05, 4.69) is 39.5 Å². The van der Waals surface area contributed by atoms with Gasteiger partial charge in [0.05, 0.1) is 23.3 Å². The van der Waals surface area contributed by atoms with Gasteiger partial charge in [-0.05, 0) is 91.7 Å². The molecule has 0 aliphatic heterocycles. The van der Waals surface area contributed by atoms with Gasteiger partial charge in [-0.3, -0.25) is 0 Å². The van der Waals surface area contributed by atoms with E-state index in [0.717, 1.165) is 23.1 Å². The Kier molecular flexibility index (Phi) is 11.5. The first-order valence-electron chi connectivity index (χ1n) is 15.1. The first-order chi connectivity index (χ1) is 23.5. The summed E-state index contributed by atoms with van der Waals surface area (Å²) in [6, 6.07) is 37.2. The molecule has 4 aromatic heterocycles. The highest BCUT2D eigenvalue weighted by molar-refractivity contribution is 5.35. The molecule has 0 atom stereocenters. The zero-order valence-corrected chi connectivity index (χ0v) is 26.5. The minimum Gasteiger partial charge on any atom is -0.241 e. The summed E-state index contributed by atoms with van der Waals surface area (Å²) >= 11 is 0. The molecule has 0 amide bonds. The summed E-state index contributed by atoms with van der Waals surface area (Å²) in [6.07, 6.45) is 14.4. The van der Waals surface area contributed by atoms with Crippen LogP contribution in [0.25, 0.3) is 22.7 Å². The maximum absolute atomic E-state index is 13.1. The number of rotatable bonds is 4. The Balaban J connectivity index is 0.000000125. The van der Waals surface area contributed by atoms with Crippen LogP contribution in [-0.2, 0) is 0 Å². The SMILES string of the molecule is Cc1cccc(-n2cccn2)c1.Cc1cnn(-c2ccccc2)c1.Fc1ccc(-n2cccn2)c(F)c1.c1ccc(-n2cccn2)cc1. The van der Waals surface area contributed by atoms with Crippen molar-refractivity contribution in [2.75, 3.05) is 0 Å². The summed E-state index contributed by atoms with van der Waals surface area (Å²) in [5.41, 5.74) is 5.98. The molecule has 0 radical (unpaired) electrons. The molecule has 0 spiro atoms. The van der Waals surface area contributed by atoms with Gasteiger partial charge in [-0.25, -0.2) is 27.5 Å². The Morgan fingerprint density at radius 2 is 1.00 bits per heavy atom. The van der Waals surface area contributed by atoms with E-state index in [1.54, 1.807) is 24.7 Å². The standard InChI is InChI=1S/2C10H10N2.C9H6F2N2.C9H8N2/c1-9-4-2-5-10(8-9)12-7-3-6-11-12;1-9-7-11-12(8-9)10-5-3-2-4-6-10;10-7-2-3-9(8(11)6-7)13-5-1-4-12-13;1-2-5-9(6-3-1)11-8-4-7-10-11/h2*2-8H,1H3;1-6H;1-8H. The van der Waals surface area contributed by atoms with E-state index in [1.807, 2.05) is 131 Å². The van der Waals surface area contributed by atoms with Gasteiger partial charge >= 0.3 is 0 Å². The number of para-hydroxylation sites is 2. The van der Waals surface area contributed by atoms with Crippen molar-refractivity contribution in [3.63, 3.8) is 0 Å². The average molecular weight is 641 g/mol. The molecule has 4 aromatic carbocycles. The van der Waals surface area contributed by atoms with E-state index >= 15 is 0 Å². The second-order valence-corrected chi connectivity index (χ2v) is 10.4. The van der Waals surface area contributed by atoms with Crippen molar-refractivity contribution in [3.05, 3.63) is 194 Å². The lowest BCUT2D eigenvalue weighted by Crippen LogP contribution is -1.98. The molecule has 0 unspecified atom stereocenters. The summed E-state index contributed by atoms with van der Waals surface area (Å²) < 4.78 is 32.5. The highest BCUT2D eigenvalue weighted by Gasteiger charge is 2.05. The Hall–Kier alpha value is -6.42. The molecule has 0 N–H and O–H groups in total. The lowest BCUT2D eigenvalue weighted by Gasteiger charge is -2.01. The van der Waals surface area contributed by atoms with Crippen LogP contribution in [0.2, 0.25) is 0 Å². The first-order valence-corrected chi connectivity index (χ1v) is 15.1. The summed E-state index contributed by atoms with van der Waals surface area (Å²) in [5, 5.41) is 16.3. The van der Waals surface area contributed by atoms with Gasteiger partial charge in [0, 0.05) is 49.4 Å². The Labute approximate surface area is 277 Å². The van der Waals surface area contributed by atoms with Gasteiger partial charge in [0.1, 0.15) is 11.5 Å². The lowest BCUT2D eigenvalue weighted by atomic mass is 10.2. The Morgan fingerprint density at radius 3 is 1.50 bits per heavy atom. The van der Waals surface area contributed by atoms with Gasteiger partial charge < -0.3 is 0 Å². The third-order valence-corrected chi connectivity index (χ3v) is 6.69. The quantitative estimate of drug-likeness (QED) is 0.194. The van der Waals surface area contributed by atoms with Crippen molar-refractivity contribution >= 4 is 0 Å². The average Bonchev–Trinajstić information content (AvgIpc) is 3.96. The summed E-state index contributed by atoms with van der Waals surface area (Å²) in [7, 11) is 0. The van der Waals surface area contributed by atoms with Crippen molar-refractivity contribution in [2.24, 2.45) is 0 Å². The number of nitrogens with zero attached hydrogens (tertiary/aromatic N) is 8. The van der Waals surface area contributed by atoms with Gasteiger partial charge in [0.25, 0.3) is 0 Å². The molecular formula is C38H34F2N8. The minimum absolute atomic E-state index is 0.242. The molecule has 0 aliphatic carbocycles. The van der Waals surface area contributed by atoms with Crippen molar-refractivity contribution in [2.45, 2.75) is 13.8 Å². The molecule has 0 saturated carbocycles.